The molecule has 4 rings (SSSR count). The van der Waals surface area contributed by atoms with Crippen molar-refractivity contribution in [2.24, 2.45) is 7.05 Å². The largest absolute Gasteiger partial charge is 0.462 e. The topological polar surface area (TPSA) is 102 Å². The number of benzene rings is 1. The van der Waals surface area contributed by atoms with Gasteiger partial charge in [0.05, 0.1) is 12.2 Å². The lowest BCUT2D eigenvalue weighted by Gasteiger charge is -2.16. The molecule has 0 spiro atoms. The van der Waals surface area contributed by atoms with Gasteiger partial charge in [-0.25, -0.2) is 9.59 Å². The highest BCUT2D eigenvalue weighted by atomic mass is 16.5. The maximum atomic E-state index is 12.2. The molecule has 1 aromatic carbocycles. The molecule has 0 radical (unpaired) electrons. The Balaban J connectivity index is 1.77. The molecule has 0 bridgehead atoms. The van der Waals surface area contributed by atoms with Crippen molar-refractivity contribution in [3.8, 4) is 0 Å². The molecule has 0 aliphatic carbocycles. The van der Waals surface area contributed by atoms with Crippen molar-refractivity contribution in [2.75, 3.05) is 18.1 Å². The number of imidazole rings is 1. The standard InChI is InChI=1S/C17H17N5O4/c1-3-26-15(24)10-4-6-11(7-5-10)21-8-9-22-12-13(18-16(21)22)20(2)17(25)19-14(12)23/h4-7H,3,8-9H2,1-2H3,(H,19,23,25). The van der Waals surface area contributed by atoms with E-state index >= 15 is 0 Å². The molecule has 9 nitrogen and oxygen atoms in total. The zero-order valence-electron chi connectivity index (χ0n) is 14.4. The Bertz CT molecular complexity index is 1120. The Morgan fingerprint density at radius 1 is 1.23 bits per heavy atom. The molecule has 0 unspecified atom stereocenters. The van der Waals surface area contributed by atoms with Crippen molar-refractivity contribution in [3.05, 3.63) is 50.7 Å². The molecule has 9 heteroatoms. The number of fused-ring (bicyclic) bond motifs is 3. The molecule has 1 aliphatic rings. The van der Waals surface area contributed by atoms with E-state index in [0.29, 0.717) is 42.4 Å². The number of aromatic nitrogens is 4. The number of nitrogens with zero attached hydrogens (tertiary/aromatic N) is 4. The van der Waals surface area contributed by atoms with Gasteiger partial charge in [0.2, 0.25) is 5.95 Å². The Labute approximate surface area is 147 Å². The molecule has 3 aromatic rings. The van der Waals surface area contributed by atoms with Crippen molar-refractivity contribution < 1.29 is 9.53 Å². The number of hydrogen-bond acceptors (Lipinski definition) is 6. The van der Waals surface area contributed by atoms with Gasteiger partial charge in [0.1, 0.15) is 0 Å². The van der Waals surface area contributed by atoms with Crippen LogP contribution in [0.1, 0.15) is 17.3 Å². The number of H-pyrrole nitrogens is 1. The third-order valence-electron chi connectivity index (χ3n) is 4.47. The molecular weight excluding hydrogens is 338 g/mol. The van der Waals surface area contributed by atoms with Crippen LogP contribution >= 0.6 is 0 Å². The first-order valence-electron chi connectivity index (χ1n) is 8.25. The number of carbonyl (C=O) groups excluding carboxylic acids is 1. The summed E-state index contributed by atoms with van der Waals surface area (Å²) in [6.07, 6.45) is 0. The third kappa shape index (κ3) is 2.32. The predicted molar refractivity (Wildman–Crippen MR) is 95.0 cm³/mol. The molecule has 0 saturated carbocycles. The summed E-state index contributed by atoms with van der Waals surface area (Å²) in [5.41, 5.74) is 1.11. The summed E-state index contributed by atoms with van der Waals surface area (Å²) in [6, 6.07) is 7.01. The number of esters is 1. The van der Waals surface area contributed by atoms with Gasteiger partial charge >= 0.3 is 11.7 Å². The van der Waals surface area contributed by atoms with E-state index in [1.807, 2.05) is 17.0 Å². The van der Waals surface area contributed by atoms with Crippen LogP contribution < -0.4 is 16.1 Å². The molecule has 1 N–H and O–H groups in total. The van der Waals surface area contributed by atoms with Crippen molar-refractivity contribution in [1.29, 1.82) is 0 Å². The number of carbonyl (C=O) groups is 1. The highest BCUT2D eigenvalue weighted by Gasteiger charge is 2.27. The van der Waals surface area contributed by atoms with Crippen LogP contribution in [-0.4, -0.2) is 38.2 Å². The van der Waals surface area contributed by atoms with E-state index in [9.17, 15) is 14.4 Å². The van der Waals surface area contributed by atoms with Crippen LogP contribution in [0.15, 0.2) is 33.9 Å². The predicted octanol–water partition coefficient (Wildman–Crippen LogP) is 0.752. The van der Waals surface area contributed by atoms with Gasteiger partial charge in [-0.1, -0.05) is 0 Å². The number of anilines is 2. The minimum atomic E-state index is -0.496. The molecule has 3 heterocycles. The van der Waals surface area contributed by atoms with Gasteiger partial charge in [0.15, 0.2) is 11.2 Å². The smallest absolute Gasteiger partial charge is 0.338 e. The normalized spacial score (nSPS) is 13.2. The van der Waals surface area contributed by atoms with Gasteiger partial charge in [-0.2, -0.15) is 4.98 Å². The van der Waals surface area contributed by atoms with Gasteiger partial charge < -0.3 is 14.2 Å². The number of rotatable bonds is 3. The molecule has 1 aliphatic heterocycles. The summed E-state index contributed by atoms with van der Waals surface area (Å²) in [5, 5.41) is 0. The Morgan fingerprint density at radius 3 is 2.65 bits per heavy atom. The molecule has 0 saturated heterocycles. The van der Waals surface area contributed by atoms with Gasteiger partial charge in [-0.15, -0.1) is 0 Å². The maximum absolute atomic E-state index is 12.2. The number of nitrogens with one attached hydrogen (secondary N) is 1. The van der Waals surface area contributed by atoms with Crippen LogP contribution in [-0.2, 0) is 18.3 Å². The van der Waals surface area contributed by atoms with Crippen LogP contribution in [0.3, 0.4) is 0 Å². The lowest BCUT2D eigenvalue weighted by molar-refractivity contribution is 0.0526. The van der Waals surface area contributed by atoms with Crippen molar-refractivity contribution >= 4 is 28.8 Å². The Morgan fingerprint density at radius 2 is 1.96 bits per heavy atom. The first-order valence-corrected chi connectivity index (χ1v) is 8.25. The minimum absolute atomic E-state index is 0.323. The summed E-state index contributed by atoms with van der Waals surface area (Å²) >= 11 is 0. The quantitative estimate of drug-likeness (QED) is 0.696. The SMILES string of the molecule is CCOC(=O)c1ccc(N2CCn3c2nc2c3c(=O)[nH]c(=O)n2C)cc1. The van der Waals surface area contributed by atoms with E-state index in [0.717, 1.165) is 5.69 Å². The number of hydrogen-bond donors (Lipinski definition) is 1. The van der Waals surface area contributed by atoms with E-state index in [1.165, 1.54) is 4.57 Å². The fourth-order valence-electron chi connectivity index (χ4n) is 3.18. The van der Waals surface area contributed by atoms with E-state index in [4.69, 9.17) is 4.74 Å². The first-order chi connectivity index (χ1) is 12.5. The van der Waals surface area contributed by atoms with Gasteiger partial charge in [0, 0.05) is 25.8 Å². The fourth-order valence-corrected chi connectivity index (χ4v) is 3.18. The monoisotopic (exact) mass is 355 g/mol. The van der Waals surface area contributed by atoms with Crippen molar-refractivity contribution in [2.45, 2.75) is 13.5 Å². The van der Waals surface area contributed by atoms with Crippen LogP contribution in [0.2, 0.25) is 0 Å². The molecule has 26 heavy (non-hydrogen) atoms. The zero-order valence-corrected chi connectivity index (χ0v) is 14.4. The Hall–Kier alpha value is -3.36. The second-order valence-corrected chi connectivity index (χ2v) is 5.97. The van der Waals surface area contributed by atoms with E-state index < -0.39 is 11.2 Å². The van der Waals surface area contributed by atoms with Crippen LogP contribution in [0.5, 0.6) is 0 Å². The van der Waals surface area contributed by atoms with Gasteiger partial charge in [0.25, 0.3) is 5.56 Å². The minimum Gasteiger partial charge on any atom is -0.462 e. The third-order valence-corrected chi connectivity index (χ3v) is 4.47. The summed E-state index contributed by atoms with van der Waals surface area (Å²) < 4.78 is 8.11. The lowest BCUT2D eigenvalue weighted by atomic mass is 10.2. The highest BCUT2D eigenvalue weighted by Crippen LogP contribution is 2.31. The molecule has 134 valence electrons. The molecule has 0 fully saturated rings. The molecule has 2 aromatic heterocycles. The van der Waals surface area contributed by atoms with E-state index in [2.05, 4.69) is 9.97 Å². The van der Waals surface area contributed by atoms with Crippen LogP contribution in [0.4, 0.5) is 11.6 Å². The van der Waals surface area contributed by atoms with Crippen LogP contribution in [0.25, 0.3) is 11.2 Å². The molecule has 0 amide bonds. The number of aryl methyl sites for hydroxylation is 1. The van der Waals surface area contributed by atoms with E-state index in [-0.39, 0.29) is 5.97 Å². The average molecular weight is 355 g/mol. The second kappa shape index (κ2) is 5.87. The summed E-state index contributed by atoms with van der Waals surface area (Å²) in [4.78, 5) is 44.5. The van der Waals surface area contributed by atoms with Crippen molar-refractivity contribution in [3.63, 3.8) is 0 Å². The average Bonchev–Trinajstić information content (AvgIpc) is 3.19. The molecule has 0 atom stereocenters. The van der Waals surface area contributed by atoms with Gasteiger partial charge in [-0.3, -0.25) is 14.3 Å². The molecular formula is C17H17N5O4. The van der Waals surface area contributed by atoms with Crippen molar-refractivity contribution in [1.82, 2.24) is 19.1 Å². The fraction of sp³-hybridized carbons (Fsp3) is 0.294. The zero-order chi connectivity index (χ0) is 18.4. The number of ether oxygens (including phenoxy) is 1. The highest BCUT2D eigenvalue weighted by molar-refractivity contribution is 5.90. The van der Waals surface area contributed by atoms with Gasteiger partial charge in [-0.05, 0) is 31.2 Å². The number of aromatic amines is 1. The Kier molecular flexibility index (Phi) is 3.64. The van der Waals surface area contributed by atoms with Crippen LogP contribution in [0, 0.1) is 0 Å². The lowest BCUT2D eigenvalue weighted by Crippen LogP contribution is -2.29. The maximum Gasteiger partial charge on any atom is 0.338 e. The van der Waals surface area contributed by atoms with E-state index in [1.54, 1.807) is 30.7 Å². The summed E-state index contributed by atoms with van der Waals surface area (Å²) in [5.74, 6) is 0.227. The first kappa shape index (κ1) is 16.1. The second-order valence-electron chi connectivity index (χ2n) is 5.97. The summed E-state index contributed by atoms with van der Waals surface area (Å²) in [6.45, 7) is 3.30. The summed E-state index contributed by atoms with van der Waals surface area (Å²) in [7, 11) is 1.57.